The van der Waals surface area contributed by atoms with Crippen LogP contribution in [0.4, 0.5) is 4.39 Å². The SMILES string of the molecule is CCNC(C)c1cc(Cl)ccc1OCCF. The van der Waals surface area contributed by atoms with Gasteiger partial charge in [0.25, 0.3) is 0 Å². The molecule has 90 valence electrons. The van der Waals surface area contributed by atoms with Gasteiger partial charge in [-0.15, -0.1) is 0 Å². The molecule has 0 aliphatic heterocycles. The number of hydrogen-bond donors (Lipinski definition) is 1. The Hall–Kier alpha value is -0.800. The van der Waals surface area contributed by atoms with E-state index in [1.807, 2.05) is 19.9 Å². The minimum absolute atomic E-state index is 0.0769. The van der Waals surface area contributed by atoms with E-state index in [-0.39, 0.29) is 12.6 Å². The molecule has 0 bridgehead atoms. The van der Waals surface area contributed by atoms with Gasteiger partial charge in [0.05, 0.1) is 0 Å². The van der Waals surface area contributed by atoms with Gasteiger partial charge in [-0.1, -0.05) is 18.5 Å². The van der Waals surface area contributed by atoms with Gasteiger partial charge in [-0.2, -0.15) is 0 Å². The van der Waals surface area contributed by atoms with E-state index in [0.29, 0.717) is 10.8 Å². The Morgan fingerprint density at radius 1 is 1.50 bits per heavy atom. The molecule has 0 heterocycles. The molecular weight excluding hydrogens is 229 g/mol. The van der Waals surface area contributed by atoms with Crippen LogP contribution in [0.2, 0.25) is 5.02 Å². The fourth-order valence-corrected chi connectivity index (χ4v) is 1.73. The molecule has 4 heteroatoms. The lowest BCUT2D eigenvalue weighted by Crippen LogP contribution is -2.18. The molecule has 1 atom stereocenters. The summed E-state index contributed by atoms with van der Waals surface area (Å²) in [6, 6.07) is 5.51. The first-order valence-electron chi connectivity index (χ1n) is 5.40. The van der Waals surface area contributed by atoms with Gasteiger partial charge in [0.2, 0.25) is 0 Å². The van der Waals surface area contributed by atoms with E-state index in [0.717, 1.165) is 12.1 Å². The zero-order chi connectivity index (χ0) is 12.0. The van der Waals surface area contributed by atoms with Gasteiger partial charge >= 0.3 is 0 Å². The molecule has 0 saturated carbocycles. The van der Waals surface area contributed by atoms with Crippen LogP contribution < -0.4 is 10.1 Å². The van der Waals surface area contributed by atoms with Crippen molar-refractivity contribution >= 4 is 11.6 Å². The van der Waals surface area contributed by atoms with Crippen molar-refractivity contribution in [3.63, 3.8) is 0 Å². The monoisotopic (exact) mass is 245 g/mol. The predicted molar refractivity (Wildman–Crippen MR) is 65.0 cm³/mol. The van der Waals surface area contributed by atoms with Gasteiger partial charge < -0.3 is 10.1 Å². The van der Waals surface area contributed by atoms with Crippen LogP contribution >= 0.6 is 11.6 Å². The maximum Gasteiger partial charge on any atom is 0.124 e. The Morgan fingerprint density at radius 2 is 2.25 bits per heavy atom. The van der Waals surface area contributed by atoms with E-state index in [4.69, 9.17) is 16.3 Å². The molecule has 2 nitrogen and oxygen atoms in total. The number of halogens is 2. The minimum atomic E-state index is -0.488. The van der Waals surface area contributed by atoms with Crippen LogP contribution in [0.15, 0.2) is 18.2 Å². The van der Waals surface area contributed by atoms with Gasteiger partial charge in [-0.3, -0.25) is 0 Å². The highest BCUT2D eigenvalue weighted by molar-refractivity contribution is 6.30. The number of ether oxygens (including phenoxy) is 1. The minimum Gasteiger partial charge on any atom is -0.491 e. The molecule has 0 spiro atoms. The molecule has 0 saturated heterocycles. The first kappa shape index (κ1) is 13.3. The summed E-state index contributed by atoms with van der Waals surface area (Å²) >= 11 is 5.94. The number of alkyl halides is 1. The topological polar surface area (TPSA) is 21.3 Å². The average Bonchev–Trinajstić information content (AvgIpc) is 2.27. The van der Waals surface area contributed by atoms with Crippen molar-refractivity contribution in [3.05, 3.63) is 28.8 Å². The molecule has 1 unspecified atom stereocenters. The maximum atomic E-state index is 12.1. The number of benzene rings is 1. The van der Waals surface area contributed by atoms with Crippen molar-refractivity contribution in [2.24, 2.45) is 0 Å². The zero-order valence-electron chi connectivity index (χ0n) is 9.59. The average molecular weight is 246 g/mol. The van der Waals surface area contributed by atoms with Crippen LogP contribution in [0.1, 0.15) is 25.5 Å². The van der Waals surface area contributed by atoms with Gasteiger partial charge in [-0.25, -0.2) is 4.39 Å². The quantitative estimate of drug-likeness (QED) is 0.830. The lowest BCUT2D eigenvalue weighted by Gasteiger charge is -2.17. The third-order valence-corrected chi connectivity index (χ3v) is 2.52. The summed E-state index contributed by atoms with van der Waals surface area (Å²) in [5.41, 5.74) is 0.961. The second-order valence-electron chi connectivity index (χ2n) is 3.50. The van der Waals surface area contributed by atoms with Crippen LogP contribution in [-0.2, 0) is 0 Å². The summed E-state index contributed by atoms with van der Waals surface area (Å²) in [4.78, 5) is 0. The Labute approximate surface area is 101 Å². The second kappa shape index (κ2) is 6.71. The van der Waals surface area contributed by atoms with Gasteiger partial charge in [0.15, 0.2) is 0 Å². The van der Waals surface area contributed by atoms with Crippen molar-refractivity contribution in [2.45, 2.75) is 19.9 Å². The molecule has 0 aliphatic carbocycles. The van der Waals surface area contributed by atoms with E-state index < -0.39 is 6.67 Å². The molecule has 1 aromatic rings. The first-order valence-corrected chi connectivity index (χ1v) is 5.78. The third kappa shape index (κ3) is 3.65. The molecule has 0 aliphatic rings. The smallest absolute Gasteiger partial charge is 0.124 e. The van der Waals surface area contributed by atoms with Crippen LogP contribution in [0.3, 0.4) is 0 Å². The number of nitrogens with one attached hydrogen (secondary N) is 1. The van der Waals surface area contributed by atoms with Crippen LogP contribution in [0.5, 0.6) is 5.75 Å². The lowest BCUT2D eigenvalue weighted by molar-refractivity contribution is 0.269. The normalized spacial score (nSPS) is 12.5. The molecule has 1 rings (SSSR count). The molecule has 0 amide bonds. The van der Waals surface area contributed by atoms with Crippen molar-refractivity contribution in [1.82, 2.24) is 5.32 Å². The molecular formula is C12H17ClFNO. The predicted octanol–water partition coefficient (Wildman–Crippen LogP) is 3.36. The molecule has 0 fully saturated rings. The molecule has 0 radical (unpaired) electrons. The molecule has 1 N–H and O–H groups in total. The van der Waals surface area contributed by atoms with Crippen molar-refractivity contribution in [3.8, 4) is 5.75 Å². The van der Waals surface area contributed by atoms with Crippen molar-refractivity contribution in [2.75, 3.05) is 19.8 Å². The standard InChI is InChI=1S/C12H17ClFNO/c1-3-15-9(2)11-8-10(13)4-5-12(11)16-7-6-14/h4-5,8-9,15H,3,6-7H2,1-2H3. The summed E-state index contributed by atoms with van der Waals surface area (Å²) in [6.07, 6.45) is 0. The number of rotatable bonds is 6. The zero-order valence-corrected chi connectivity index (χ0v) is 10.4. The Bertz CT molecular complexity index is 333. The molecule has 0 aromatic heterocycles. The van der Waals surface area contributed by atoms with E-state index in [1.165, 1.54) is 0 Å². The fraction of sp³-hybridized carbons (Fsp3) is 0.500. The summed E-state index contributed by atoms with van der Waals surface area (Å²) < 4.78 is 17.4. The summed E-state index contributed by atoms with van der Waals surface area (Å²) in [7, 11) is 0. The van der Waals surface area contributed by atoms with Crippen LogP contribution in [0, 0.1) is 0 Å². The van der Waals surface area contributed by atoms with Crippen molar-refractivity contribution < 1.29 is 9.13 Å². The Kier molecular flexibility index (Phi) is 5.56. The van der Waals surface area contributed by atoms with Crippen molar-refractivity contribution in [1.29, 1.82) is 0 Å². The van der Waals surface area contributed by atoms with Crippen LogP contribution in [-0.4, -0.2) is 19.8 Å². The highest BCUT2D eigenvalue weighted by atomic mass is 35.5. The Morgan fingerprint density at radius 3 is 2.88 bits per heavy atom. The first-order chi connectivity index (χ1) is 7.69. The largest absolute Gasteiger partial charge is 0.491 e. The summed E-state index contributed by atoms with van der Waals surface area (Å²) in [5.74, 6) is 0.690. The van der Waals surface area contributed by atoms with E-state index in [9.17, 15) is 4.39 Å². The third-order valence-electron chi connectivity index (χ3n) is 2.28. The highest BCUT2D eigenvalue weighted by Crippen LogP contribution is 2.28. The van der Waals surface area contributed by atoms with Gasteiger partial charge in [0.1, 0.15) is 19.0 Å². The molecule has 16 heavy (non-hydrogen) atoms. The van der Waals surface area contributed by atoms with E-state index >= 15 is 0 Å². The van der Waals surface area contributed by atoms with E-state index in [1.54, 1.807) is 12.1 Å². The Balaban J connectivity index is 2.88. The van der Waals surface area contributed by atoms with E-state index in [2.05, 4.69) is 5.32 Å². The fourth-order valence-electron chi connectivity index (χ4n) is 1.55. The van der Waals surface area contributed by atoms with Gasteiger partial charge in [0, 0.05) is 16.6 Å². The highest BCUT2D eigenvalue weighted by Gasteiger charge is 2.11. The van der Waals surface area contributed by atoms with Crippen LogP contribution in [0.25, 0.3) is 0 Å². The van der Waals surface area contributed by atoms with Gasteiger partial charge in [-0.05, 0) is 31.7 Å². The summed E-state index contributed by atoms with van der Waals surface area (Å²) in [5, 5.41) is 3.93. The maximum absolute atomic E-state index is 12.1. The second-order valence-corrected chi connectivity index (χ2v) is 3.94. The number of hydrogen-bond acceptors (Lipinski definition) is 2. The molecule has 1 aromatic carbocycles. The summed E-state index contributed by atoms with van der Waals surface area (Å²) in [6.45, 7) is 4.50. The lowest BCUT2D eigenvalue weighted by atomic mass is 10.1.